The normalized spacial score (nSPS) is 13.7. The van der Waals surface area contributed by atoms with Crippen LogP contribution in [-0.4, -0.2) is 28.8 Å². The highest BCUT2D eigenvalue weighted by molar-refractivity contribution is 5.88. The maximum Gasteiger partial charge on any atom is 0.269 e. The quantitative estimate of drug-likeness (QED) is 0.108. The molecule has 0 aliphatic carbocycles. The van der Waals surface area contributed by atoms with E-state index in [4.69, 9.17) is 17.2 Å². The minimum atomic E-state index is -0.405. The van der Waals surface area contributed by atoms with Crippen LogP contribution in [0.1, 0.15) is 111 Å². The Morgan fingerprint density at radius 2 is 1.02 bits per heavy atom. The van der Waals surface area contributed by atoms with E-state index >= 15 is 0 Å². The molecule has 3 atom stereocenters. The molecular formula is C46H70N4O3. The fourth-order valence-corrected chi connectivity index (χ4v) is 5.50. The van der Waals surface area contributed by atoms with Crippen molar-refractivity contribution < 1.29 is 9.72 Å². The van der Waals surface area contributed by atoms with Crippen molar-refractivity contribution in [2.24, 2.45) is 33.4 Å². The number of nitrogens with two attached hydrogens (primary N) is 3. The molecule has 0 amide bonds. The fourth-order valence-electron chi connectivity index (χ4n) is 5.50. The highest BCUT2D eigenvalue weighted by Crippen LogP contribution is 2.29. The number of Topliss-reactive ketones (excluding diaryl/α,β-unsaturated/α-hetero) is 1. The van der Waals surface area contributed by atoms with E-state index in [0.717, 1.165) is 28.7 Å². The summed E-state index contributed by atoms with van der Waals surface area (Å²) in [5.41, 5.74) is 26.4. The molecule has 0 fully saturated rings. The Kier molecular flexibility index (Phi) is 17.3. The van der Waals surface area contributed by atoms with Gasteiger partial charge in [0.15, 0.2) is 5.78 Å². The molecule has 0 saturated carbocycles. The number of hydrogen-bond acceptors (Lipinski definition) is 6. The molecule has 3 aromatic carbocycles. The van der Waals surface area contributed by atoms with Crippen molar-refractivity contribution in [3.8, 4) is 0 Å². The summed E-state index contributed by atoms with van der Waals surface area (Å²) >= 11 is 0. The van der Waals surface area contributed by atoms with Gasteiger partial charge in [-0.15, -0.1) is 0 Å². The smallest absolute Gasteiger partial charge is 0.269 e. The number of carbonyl (C=O) groups is 1. The van der Waals surface area contributed by atoms with Crippen LogP contribution in [0, 0.1) is 33.3 Å². The van der Waals surface area contributed by atoms with E-state index in [2.05, 4.69) is 106 Å². The van der Waals surface area contributed by atoms with Gasteiger partial charge in [-0.25, -0.2) is 0 Å². The van der Waals surface area contributed by atoms with Crippen LogP contribution in [0.15, 0.2) is 97.1 Å². The summed E-state index contributed by atoms with van der Waals surface area (Å²) in [4.78, 5) is 22.1. The average molecular weight is 727 g/mol. The van der Waals surface area contributed by atoms with Crippen LogP contribution in [0.5, 0.6) is 0 Å². The number of benzene rings is 3. The summed E-state index contributed by atoms with van der Waals surface area (Å²) in [5, 5.41) is 10.5. The van der Waals surface area contributed by atoms with Gasteiger partial charge in [-0.2, -0.15) is 0 Å². The molecule has 0 unspecified atom stereocenters. The maximum absolute atomic E-state index is 11.9. The summed E-state index contributed by atoms with van der Waals surface area (Å²) in [7, 11) is 0. The predicted octanol–water partition coefficient (Wildman–Crippen LogP) is 10.0. The molecule has 0 spiro atoms. The number of non-ortho nitro benzene ring substituents is 1. The molecule has 0 heterocycles. The van der Waals surface area contributed by atoms with E-state index in [9.17, 15) is 14.9 Å². The SMILES string of the molecule is C=C([C@H](N)Cc1ccc(C(C)(C)C)cc1)C(C)(C)C.C=C([C@H](N)Cc1ccc([N+](=O)[O-])cc1)C(C)(C)C.Cc1cccc(C[C@@H](N)C(=O)C(C)(C)C)c1. The highest BCUT2D eigenvalue weighted by atomic mass is 16.6. The van der Waals surface area contributed by atoms with E-state index in [-0.39, 0.29) is 45.2 Å². The molecule has 0 aromatic heterocycles. The molecule has 3 rings (SSSR count). The maximum atomic E-state index is 11.9. The third kappa shape index (κ3) is 16.8. The number of carbonyl (C=O) groups excluding carboxylic acids is 1. The minimum absolute atomic E-state index is 0.0276. The molecular weight excluding hydrogens is 657 g/mol. The van der Waals surface area contributed by atoms with Gasteiger partial charge in [0.2, 0.25) is 0 Å². The fraction of sp³-hybridized carbons (Fsp3) is 0.500. The van der Waals surface area contributed by atoms with E-state index in [1.54, 1.807) is 12.1 Å². The van der Waals surface area contributed by atoms with Gasteiger partial charge >= 0.3 is 0 Å². The van der Waals surface area contributed by atoms with Crippen molar-refractivity contribution in [2.45, 2.75) is 133 Å². The molecule has 0 saturated heterocycles. The van der Waals surface area contributed by atoms with E-state index in [1.165, 1.54) is 28.8 Å². The Balaban J connectivity index is 0.000000399. The molecule has 0 bridgehead atoms. The first-order valence-corrected chi connectivity index (χ1v) is 18.6. The standard InChI is InChI=1S/C18H29N.C14H20N2O2.C14H21NO/c1-13(17(2,3)4)16(19)12-14-8-10-15(11-9-14)18(5,6)7;1-10(14(2,3)4)13(15)9-11-5-7-12(8-6-11)16(17)18;1-10-6-5-7-11(8-10)9-12(15)13(16)14(2,3)4/h8-11,16H,1,12,19H2,2-7H3;5-8,13H,1,9,15H2,2-4H3;5-8,12H,9,15H2,1-4H3/t16-;13-;12-/m111/s1. The van der Waals surface area contributed by atoms with Gasteiger partial charge in [0.25, 0.3) is 5.69 Å². The van der Waals surface area contributed by atoms with Crippen molar-refractivity contribution in [1.82, 2.24) is 0 Å². The van der Waals surface area contributed by atoms with Crippen LogP contribution < -0.4 is 17.2 Å². The number of hydrogen-bond donors (Lipinski definition) is 3. The molecule has 0 aliphatic heterocycles. The van der Waals surface area contributed by atoms with Crippen molar-refractivity contribution >= 4 is 11.5 Å². The second kappa shape index (κ2) is 19.4. The number of nitrogens with zero attached hydrogens (tertiary/aromatic N) is 1. The second-order valence-corrected chi connectivity index (χ2v) is 18.5. The molecule has 292 valence electrons. The number of aryl methyl sites for hydroxylation is 1. The lowest BCUT2D eigenvalue weighted by Crippen LogP contribution is -2.40. The third-order valence-corrected chi connectivity index (χ3v) is 9.31. The molecule has 6 N–H and O–H groups in total. The van der Waals surface area contributed by atoms with Gasteiger partial charge in [-0.3, -0.25) is 14.9 Å². The van der Waals surface area contributed by atoms with Crippen LogP contribution in [0.2, 0.25) is 0 Å². The number of nitro benzene ring substituents is 1. The first-order chi connectivity index (χ1) is 24.0. The van der Waals surface area contributed by atoms with Crippen LogP contribution in [0.4, 0.5) is 5.69 Å². The average Bonchev–Trinajstić information content (AvgIpc) is 3.03. The van der Waals surface area contributed by atoms with Gasteiger partial charge in [0.1, 0.15) is 0 Å². The van der Waals surface area contributed by atoms with Crippen molar-refractivity contribution in [1.29, 1.82) is 0 Å². The van der Waals surface area contributed by atoms with Gasteiger partial charge in [-0.1, -0.05) is 174 Å². The van der Waals surface area contributed by atoms with Crippen molar-refractivity contribution in [2.75, 3.05) is 0 Å². The molecule has 53 heavy (non-hydrogen) atoms. The Hall–Kier alpha value is -3.91. The molecule has 0 radical (unpaired) electrons. The number of rotatable bonds is 10. The van der Waals surface area contributed by atoms with Gasteiger partial charge in [-0.05, 0) is 64.7 Å². The zero-order valence-electron chi connectivity index (χ0n) is 35.1. The second-order valence-electron chi connectivity index (χ2n) is 18.5. The molecule has 7 heteroatoms. The van der Waals surface area contributed by atoms with Crippen LogP contribution in [-0.2, 0) is 29.5 Å². The summed E-state index contributed by atoms with van der Waals surface area (Å²) < 4.78 is 0. The Bertz CT molecular complexity index is 1650. The zero-order chi connectivity index (χ0) is 41.1. The van der Waals surface area contributed by atoms with Gasteiger partial charge < -0.3 is 17.2 Å². The van der Waals surface area contributed by atoms with Crippen molar-refractivity contribution in [3.63, 3.8) is 0 Å². The third-order valence-electron chi connectivity index (χ3n) is 9.31. The van der Waals surface area contributed by atoms with Crippen LogP contribution in [0.3, 0.4) is 0 Å². The summed E-state index contributed by atoms with van der Waals surface area (Å²) in [6.07, 6.45) is 2.13. The van der Waals surface area contributed by atoms with E-state index in [0.29, 0.717) is 12.8 Å². The first-order valence-electron chi connectivity index (χ1n) is 18.6. The summed E-state index contributed by atoms with van der Waals surface area (Å²) in [6, 6.07) is 22.9. The topological polar surface area (TPSA) is 138 Å². The molecule has 7 nitrogen and oxygen atoms in total. The van der Waals surface area contributed by atoms with Crippen LogP contribution >= 0.6 is 0 Å². The zero-order valence-corrected chi connectivity index (χ0v) is 35.1. The number of nitro groups is 1. The Labute approximate surface area is 321 Å². The predicted molar refractivity (Wildman–Crippen MR) is 226 cm³/mol. The monoisotopic (exact) mass is 727 g/mol. The van der Waals surface area contributed by atoms with Crippen LogP contribution in [0.25, 0.3) is 0 Å². The van der Waals surface area contributed by atoms with E-state index < -0.39 is 11.0 Å². The highest BCUT2D eigenvalue weighted by Gasteiger charge is 2.27. The molecule has 3 aromatic rings. The Morgan fingerprint density at radius 3 is 1.36 bits per heavy atom. The summed E-state index contributed by atoms with van der Waals surface area (Å²) in [5.74, 6) is 0.119. The lowest BCUT2D eigenvalue weighted by molar-refractivity contribution is -0.384. The lowest BCUT2D eigenvalue weighted by atomic mass is 9.81. The minimum Gasteiger partial charge on any atom is -0.324 e. The lowest BCUT2D eigenvalue weighted by Gasteiger charge is -2.27. The molecule has 0 aliphatic rings. The van der Waals surface area contributed by atoms with Crippen molar-refractivity contribution in [3.05, 3.63) is 135 Å². The van der Waals surface area contributed by atoms with E-state index in [1.807, 2.05) is 45.9 Å². The first kappa shape index (κ1) is 47.1. The largest absolute Gasteiger partial charge is 0.324 e. The van der Waals surface area contributed by atoms with Gasteiger partial charge in [0.05, 0.1) is 11.0 Å². The van der Waals surface area contributed by atoms with Gasteiger partial charge in [0, 0.05) is 29.6 Å². The summed E-state index contributed by atoms with van der Waals surface area (Å²) in [6.45, 7) is 35.4. The number of ketones is 1. The Morgan fingerprint density at radius 1 is 0.623 bits per heavy atom.